The fourth-order valence-electron chi connectivity index (χ4n) is 3.45. The molecule has 3 rings (SSSR count). The molecule has 0 radical (unpaired) electrons. The van der Waals surface area contributed by atoms with Crippen LogP contribution in [0.4, 0.5) is 34.1 Å². The number of nitro groups is 1. The molecule has 11 heteroatoms. The average molecular weight is 531 g/mol. The molecule has 39 heavy (non-hydrogen) atoms. The number of non-ortho nitro benzene ring substituents is 1. The second kappa shape index (κ2) is 13.6. The number of rotatable bonds is 12. The molecular weight excluding hydrogens is 500 g/mol. The third kappa shape index (κ3) is 8.03. The molecule has 3 aromatic carbocycles. The maximum absolute atomic E-state index is 11.6. The molecule has 3 aromatic rings. The lowest BCUT2D eigenvalue weighted by atomic mass is 10.1. The Labute approximate surface area is 226 Å². The number of esters is 1. The van der Waals surface area contributed by atoms with Gasteiger partial charge in [-0.2, -0.15) is 15.3 Å². The average Bonchev–Trinajstić information content (AvgIpc) is 2.94. The van der Waals surface area contributed by atoms with Gasteiger partial charge < -0.3 is 14.4 Å². The fraction of sp³-hybridized carbons (Fsp3) is 0.250. The molecule has 11 nitrogen and oxygen atoms in total. The minimum Gasteiger partial charge on any atom is -0.494 e. The van der Waals surface area contributed by atoms with Crippen LogP contribution in [0, 0.1) is 17.0 Å². The van der Waals surface area contributed by atoms with E-state index in [1.54, 1.807) is 19.1 Å². The Morgan fingerprint density at radius 2 is 1.56 bits per heavy atom. The predicted molar refractivity (Wildman–Crippen MR) is 149 cm³/mol. The van der Waals surface area contributed by atoms with Crippen molar-refractivity contribution in [2.75, 3.05) is 31.7 Å². The van der Waals surface area contributed by atoms with Crippen LogP contribution in [0.3, 0.4) is 0 Å². The van der Waals surface area contributed by atoms with E-state index in [1.165, 1.54) is 31.4 Å². The molecule has 202 valence electrons. The molecule has 0 spiro atoms. The fourth-order valence-corrected chi connectivity index (χ4v) is 3.45. The van der Waals surface area contributed by atoms with Gasteiger partial charge in [0.1, 0.15) is 18.0 Å². The summed E-state index contributed by atoms with van der Waals surface area (Å²) >= 11 is 0. The lowest BCUT2D eigenvalue weighted by Crippen LogP contribution is -2.28. The third-order valence-electron chi connectivity index (χ3n) is 5.64. The number of nitro benzene ring substituents is 1. The van der Waals surface area contributed by atoms with Crippen molar-refractivity contribution >= 4 is 40.1 Å². The van der Waals surface area contributed by atoms with E-state index in [0.29, 0.717) is 40.6 Å². The van der Waals surface area contributed by atoms with E-state index in [2.05, 4.69) is 31.9 Å². The van der Waals surface area contributed by atoms with E-state index in [-0.39, 0.29) is 12.3 Å². The van der Waals surface area contributed by atoms with Crippen LogP contribution in [0.5, 0.6) is 5.75 Å². The SMILES string of the molecule is C=C(C)C(=O)OCCN(CC)c1ccc(N=Nc2cc(C)c(N=Nc3ccc([N+](=O)[O-])cc3)cc2OC)cc1. The number of ether oxygens (including phenoxy) is 2. The maximum Gasteiger partial charge on any atom is 0.333 e. The van der Waals surface area contributed by atoms with Gasteiger partial charge >= 0.3 is 5.97 Å². The summed E-state index contributed by atoms with van der Waals surface area (Å²) < 4.78 is 10.7. The second-order valence-corrected chi connectivity index (χ2v) is 8.50. The lowest BCUT2D eigenvalue weighted by molar-refractivity contribution is -0.384. The summed E-state index contributed by atoms with van der Waals surface area (Å²) in [7, 11) is 1.53. The molecule has 0 aromatic heterocycles. The molecule has 0 heterocycles. The van der Waals surface area contributed by atoms with Gasteiger partial charge in [0.25, 0.3) is 5.69 Å². The molecular formula is C28H30N6O5. The standard InChI is InChI=1S/C28H30N6O5/c1-6-33(15-16-39-28(35)19(2)3)23-11-7-21(8-12-23)30-32-26-17-20(4)25(18-27(26)38-5)31-29-22-9-13-24(14-10-22)34(36)37/h7-14,17-18H,2,6,15-16H2,1,3-5H3. The van der Waals surface area contributed by atoms with Crippen molar-refractivity contribution in [3.8, 4) is 5.75 Å². The first kappa shape index (κ1) is 28.6. The van der Waals surface area contributed by atoms with Crippen molar-refractivity contribution in [1.29, 1.82) is 0 Å². The summed E-state index contributed by atoms with van der Waals surface area (Å²) in [6.07, 6.45) is 0. The summed E-state index contributed by atoms with van der Waals surface area (Å²) in [5, 5.41) is 27.9. The molecule has 0 N–H and O–H groups in total. The van der Waals surface area contributed by atoms with E-state index in [9.17, 15) is 14.9 Å². The van der Waals surface area contributed by atoms with Crippen LogP contribution in [-0.4, -0.2) is 37.7 Å². The number of carbonyl (C=O) groups excluding carboxylic acids is 1. The molecule has 0 aliphatic rings. The summed E-state index contributed by atoms with van der Waals surface area (Å²) in [6, 6.07) is 16.9. The quantitative estimate of drug-likeness (QED) is 0.0775. The molecule has 0 amide bonds. The van der Waals surface area contributed by atoms with E-state index in [1.807, 2.05) is 38.1 Å². The zero-order valence-corrected chi connectivity index (χ0v) is 22.3. The zero-order chi connectivity index (χ0) is 28.4. The first-order valence-electron chi connectivity index (χ1n) is 12.2. The predicted octanol–water partition coefficient (Wildman–Crippen LogP) is 7.69. The van der Waals surface area contributed by atoms with E-state index in [0.717, 1.165) is 17.8 Å². The van der Waals surface area contributed by atoms with Gasteiger partial charge in [-0.3, -0.25) is 10.1 Å². The summed E-state index contributed by atoms with van der Waals surface area (Å²) in [6.45, 7) is 10.7. The zero-order valence-electron chi connectivity index (χ0n) is 22.3. The van der Waals surface area contributed by atoms with Crippen molar-refractivity contribution in [3.63, 3.8) is 0 Å². The molecule has 0 aliphatic heterocycles. The third-order valence-corrected chi connectivity index (χ3v) is 5.64. The van der Waals surface area contributed by atoms with Crippen LogP contribution in [0.15, 0.2) is 93.3 Å². The maximum atomic E-state index is 11.6. The highest BCUT2D eigenvalue weighted by Crippen LogP contribution is 2.36. The number of nitrogens with zero attached hydrogens (tertiary/aromatic N) is 6. The highest BCUT2D eigenvalue weighted by molar-refractivity contribution is 5.86. The van der Waals surface area contributed by atoms with Gasteiger partial charge in [0.2, 0.25) is 0 Å². The molecule has 0 aliphatic carbocycles. The van der Waals surface area contributed by atoms with Crippen LogP contribution in [0.1, 0.15) is 19.4 Å². The van der Waals surface area contributed by atoms with Crippen molar-refractivity contribution < 1.29 is 19.2 Å². The summed E-state index contributed by atoms with van der Waals surface area (Å²) in [5.74, 6) is 0.0770. The molecule has 0 bridgehead atoms. The minimum atomic E-state index is -0.468. The number of methoxy groups -OCH3 is 1. The number of likely N-dealkylation sites (N-methyl/N-ethyl adjacent to an activating group) is 1. The number of benzene rings is 3. The Bertz CT molecular complexity index is 1380. The number of hydrogen-bond donors (Lipinski definition) is 0. The second-order valence-electron chi connectivity index (χ2n) is 8.50. The van der Waals surface area contributed by atoms with Crippen molar-refractivity contribution in [1.82, 2.24) is 0 Å². The van der Waals surface area contributed by atoms with Gasteiger partial charge in [-0.25, -0.2) is 4.79 Å². The van der Waals surface area contributed by atoms with E-state index >= 15 is 0 Å². The Kier molecular flexibility index (Phi) is 9.96. The summed E-state index contributed by atoms with van der Waals surface area (Å²) in [4.78, 5) is 24.0. The first-order chi connectivity index (χ1) is 18.7. The van der Waals surface area contributed by atoms with Gasteiger partial charge in [-0.1, -0.05) is 6.58 Å². The molecule has 0 unspecified atom stereocenters. The largest absolute Gasteiger partial charge is 0.494 e. The Morgan fingerprint density at radius 1 is 0.974 bits per heavy atom. The molecule has 0 fully saturated rings. The van der Waals surface area contributed by atoms with Crippen molar-refractivity contribution in [2.24, 2.45) is 20.5 Å². The Hall–Kier alpha value is -4.93. The Balaban J connectivity index is 1.69. The normalized spacial score (nSPS) is 11.1. The monoisotopic (exact) mass is 530 g/mol. The van der Waals surface area contributed by atoms with Gasteiger partial charge in [0.15, 0.2) is 0 Å². The smallest absolute Gasteiger partial charge is 0.333 e. The van der Waals surface area contributed by atoms with Gasteiger partial charge in [0.05, 0.1) is 35.6 Å². The minimum absolute atomic E-state index is 0.0135. The van der Waals surface area contributed by atoms with Crippen LogP contribution >= 0.6 is 0 Å². The molecule has 0 saturated carbocycles. The number of aryl methyl sites for hydroxylation is 1. The van der Waals surface area contributed by atoms with E-state index in [4.69, 9.17) is 9.47 Å². The molecule has 0 atom stereocenters. The molecule has 0 saturated heterocycles. The highest BCUT2D eigenvalue weighted by atomic mass is 16.6. The number of hydrogen-bond acceptors (Lipinski definition) is 10. The summed E-state index contributed by atoms with van der Waals surface area (Å²) in [5.41, 5.74) is 4.38. The van der Waals surface area contributed by atoms with Crippen molar-refractivity contribution in [2.45, 2.75) is 20.8 Å². The topological polar surface area (TPSA) is 131 Å². The number of anilines is 1. The van der Waals surface area contributed by atoms with Crippen molar-refractivity contribution in [3.05, 3.63) is 88.5 Å². The number of azo groups is 2. The van der Waals surface area contributed by atoms with Gasteiger partial charge in [-0.05, 0) is 68.8 Å². The Morgan fingerprint density at radius 3 is 2.10 bits per heavy atom. The van der Waals surface area contributed by atoms with Crippen LogP contribution in [-0.2, 0) is 9.53 Å². The lowest BCUT2D eigenvalue weighted by Gasteiger charge is -2.22. The van der Waals surface area contributed by atoms with Crippen LogP contribution in [0.25, 0.3) is 0 Å². The number of carbonyl (C=O) groups is 1. The van der Waals surface area contributed by atoms with Gasteiger partial charge in [-0.15, -0.1) is 5.11 Å². The van der Waals surface area contributed by atoms with Crippen LogP contribution in [0.2, 0.25) is 0 Å². The van der Waals surface area contributed by atoms with E-state index < -0.39 is 10.9 Å². The first-order valence-corrected chi connectivity index (χ1v) is 12.2. The van der Waals surface area contributed by atoms with Gasteiger partial charge in [0, 0.05) is 36.0 Å². The highest BCUT2D eigenvalue weighted by Gasteiger charge is 2.10. The van der Waals surface area contributed by atoms with Crippen LogP contribution < -0.4 is 9.64 Å².